The molecule has 106 valence electrons. The van der Waals surface area contributed by atoms with Crippen molar-refractivity contribution >= 4 is 15.7 Å². The van der Waals surface area contributed by atoms with Crippen LogP contribution >= 0.6 is 0 Å². The van der Waals surface area contributed by atoms with Crippen molar-refractivity contribution in [1.29, 1.82) is 0 Å². The standard InChI is InChI=1S/C15H18N2O2S/c1-11-3-5-13(6-4-11)10-17-20(18,19)14-7-8-15(16)12(2)9-14/h3-9,17H,10,16H2,1-2H3. The second-order valence-electron chi connectivity index (χ2n) is 4.83. The Kier molecular flexibility index (Phi) is 4.11. The lowest BCUT2D eigenvalue weighted by Gasteiger charge is -2.09. The third kappa shape index (κ3) is 3.37. The Morgan fingerprint density at radius 1 is 1.05 bits per heavy atom. The van der Waals surface area contributed by atoms with Crippen molar-refractivity contribution in [3.8, 4) is 0 Å². The third-order valence-electron chi connectivity index (χ3n) is 3.14. The number of hydrogen-bond acceptors (Lipinski definition) is 3. The van der Waals surface area contributed by atoms with Crippen molar-refractivity contribution in [1.82, 2.24) is 4.72 Å². The molecular formula is C15H18N2O2S. The van der Waals surface area contributed by atoms with Crippen LogP contribution in [-0.4, -0.2) is 8.42 Å². The van der Waals surface area contributed by atoms with Crippen LogP contribution in [0.1, 0.15) is 16.7 Å². The summed E-state index contributed by atoms with van der Waals surface area (Å²) in [6.07, 6.45) is 0. The summed E-state index contributed by atoms with van der Waals surface area (Å²) in [6, 6.07) is 12.4. The first-order valence-electron chi connectivity index (χ1n) is 6.30. The second-order valence-corrected chi connectivity index (χ2v) is 6.60. The summed E-state index contributed by atoms with van der Waals surface area (Å²) in [5.74, 6) is 0. The minimum Gasteiger partial charge on any atom is -0.399 e. The lowest BCUT2D eigenvalue weighted by molar-refractivity contribution is 0.581. The van der Waals surface area contributed by atoms with Gasteiger partial charge >= 0.3 is 0 Å². The largest absolute Gasteiger partial charge is 0.399 e. The minimum atomic E-state index is -3.51. The van der Waals surface area contributed by atoms with Gasteiger partial charge in [0.15, 0.2) is 0 Å². The van der Waals surface area contributed by atoms with Crippen LogP contribution in [0.5, 0.6) is 0 Å². The summed E-state index contributed by atoms with van der Waals surface area (Å²) >= 11 is 0. The zero-order valence-corrected chi connectivity index (χ0v) is 12.4. The molecule has 0 atom stereocenters. The molecule has 3 N–H and O–H groups in total. The molecular weight excluding hydrogens is 272 g/mol. The van der Waals surface area contributed by atoms with E-state index in [-0.39, 0.29) is 11.4 Å². The maximum atomic E-state index is 12.2. The van der Waals surface area contributed by atoms with Crippen molar-refractivity contribution in [2.75, 3.05) is 5.73 Å². The Bertz CT molecular complexity index is 707. The predicted molar refractivity (Wildman–Crippen MR) is 80.8 cm³/mol. The van der Waals surface area contributed by atoms with E-state index >= 15 is 0 Å². The Balaban J connectivity index is 2.14. The molecule has 0 aliphatic carbocycles. The Morgan fingerprint density at radius 3 is 2.30 bits per heavy atom. The smallest absolute Gasteiger partial charge is 0.240 e. The highest BCUT2D eigenvalue weighted by Crippen LogP contribution is 2.17. The van der Waals surface area contributed by atoms with Gasteiger partial charge in [-0.3, -0.25) is 0 Å². The molecule has 4 nitrogen and oxygen atoms in total. The monoisotopic (exact) mass is 290 g/mol. The van der Waals surface area contributed by atoms with Crippen molar-refractivity contribution in [3.63, 3.8) is 0 Å². The number of nitrogen functional groups attached to an aromatic ring is 1. The average molecular weight is 290 g/mol. The van der Waals surface area contributed by atoms with E-state index in [2.05, 4.69) is 4.72 Å². The van der Waals surface area contributed by atoms with E-state index in [1.165, 1.54) is 6.07 Å². The minimum absolute atomic E-state index is 0.233. The highest BCUT2D eigenvalue weighted by Gasteiger charge is 2.14. The summed E-state index contributed by atoms with van der Waals surface area (Å²) in [5, 5.41) is 0. The summed E-state index contributed by atoms with van der Waals surface area (Å²) in [4.78, 5) is 0.233. The molecule has 0 saturated heterocycles. The topological polar surface area (TPSA) is 72.2 Å². The van der Waals surface area contributed by atoms with Gasteiger partial charge in [0.25, 0.3) is 0 Å². The lowest BCUT2D eigenvalue weighted by atomic mass is 10.2. The first kappa shape index (κ1) is 14.6. The molecule has 0 heterocycles. The van der Waals surface area contributed by atoms with Gasteiger partial charge in [-0.1, -0.05) is 29.8 Å². The summed E-state index contributed by atoms with van der Waals surface area (Å²) in [6.45, 7) is 4.05. The number of benzene rings is 2. The molecule has 2 aromatic rings. The van der Waals surface area contributed by atoms with Crippen LogP contribution in [-0.2, 0) is 16.6 Å². The van der Waals surface area contributed by atoms with E-state index in [9.17, 15) is 8.42 Å². The molecule has 0 spiro atoms. The number of hydrogen-bond donors (Lipinski definition) is 2. The maximum Gasteiger partial charge on any atom is 0.240 e. The molecule has 0 radical (unpaired) electrons. The zero-order valence-electron chi connectivity index (χ0n) is 11.6. The number of sulfonamides is 1. The zero-order chi connectivity index (χ0) is 14.8. The predicted octanol–water partition coefficient (Wildman–Crippen LogP) is 2.36. The fourth-order valence-electron chi connectivity index (χ4n) is 1.78. The van der Waals surface area contributed by atoms with Gasteiger partial charge in [0.05, 0.1) is 4.90 Å². The van der Waals surface area contributed by atoms with Gasteiger partial charge in [0, 0.05) is 12.2 Å². The van der Waals surface area contributed by atoms with Crippen molar-refractivity contribution < 1.29 is 8.42 Å². The summed E-state index contributed by atoms with van der Waals surface area (Å²) in [7, 11) is -3.51. The number of anilines is 1. The van der Waals surface area contributed by atoms with Crippen LogP contribution in [0, 0.1) is 13.8 Å². The van der Waals surface area contributed by atoms with E-state index in [0.29, 0.717) is 5.69 Å². The first-order valence-corrected chi connectivity index (χ1v) is 7.78. The fraction of sp³-hybridized carbons (Fsp3) is 0.200. The number of aryl methyl sites for hydroxylation is 2. The molecule has 5 heteroatoms. The summed E-state index contributed by atoms with van der Waals surface area (Å²) in [5.41, 5.74) is 9.10. The number of nitrogens with one attached hydrogen (secondary N) is 1. The third-order valence-corrected chi connectivity index (χ3v) is 4.54. The molecule has 2 aromatic carbocycles. The molecule has 0 unspecified atom stereocenters. The van der Waals surface area contributed by atoms with Gasteiger partial charge in [0.1, 0.15) is 0 Å². The first-order chi connectivity index (χ1) is 9.38. The highest BCUT2D eigenvalue weighted by molar-refractivity contribution is 7.89. The van der Waals surface area contributed by atoms with Gasteiger partial charge in [-0.2, -0.15) is 0 Å². The molecule has 0 aliphatic heterocycles. The normalized spacial score (nSPS) is 11.5. The van der Waals surface area contributed by atoms with Crippen molar-refractivity contribution in [2.45, 2.75) is 25.3 Å². The molecule has 2 rings (SSSR count). The molecule has 0 amide bonds. The van der Waals surface area contributed by atoms with Crippen LogP contribution in [0.2, 0.25) is 0 Å². The SMILES string of the molecule is Cc1ccc(CNS(=O)(=O)c2ccc(N)c(C)c2)cc1. The van der Waals surface area contributed by atoms with E-state index in [1.807, 2.05) is 31.2 Å². The molecule has 0 aliphatic rings. The fourth-order valence-corrected chi connectivity index (χ4v) is 2.89. The van der Waals surface area contributed by atoms with E-state index in [4.69, 9.17) is 5.73 Å². The molecule has 20 heavy (non-hydrogen) atoms. The molecule has 0 saturated carbocycles. The van der Waals surface area contributed by atoms with Crippen LogP contribution in [0.4, 0.5) is 5.69 Å². The second kappa shape index (κ2) is 5.64. The van der Waals surface area contributed by atoms with Crippen LogP contribution in [0.15, 0.2) is 47.4 Å². The molecule has 0 aromatic heterocycles. The molecule has 0 fully saturated rings. The van der Waals surface area contributed by atoms with E-state index < -0.39 is 10.0 Å². The van der Waals surface area contributed by atoms with Gasteiger partial charge in [-0.05, 0) is 43.2 Å². The molecule has 0 bridgehead atoms. The quantitative estimate of drug-likeness (QED) is 0.849. The average Bonchev–Trinajstić information content (AvgIpc) is 2.41. The van der Waals surface area contributed by atoms with Gasteiger partial charge < -0.3 is 5.73 Å². The highest BCUT2D eigenvalue weighted by atomic mass is 32.2. The van der Waals surface area contributed by atoms with Crippen molar-refractivity contribution in [2.24, 2.45) is 0 Å². The Morgan fingerprint density at radius 2 is 1.70 bits per heavy atom. The Labute approximate surface area is 119 Å². The van der Waals surface area contributed by atoms with Crippen LogP contribution in [0.3, 0.4) is 0 Å². The number of rotatable bonds is 4. The van der Waals surface area contributed by atoms with Gasteiger partial charge in [-0.15, -0.1) is 0 Å². The maximum absolute atomic E-state index is 12.2. The lowest BCUT2D eigenvalue weighted by Crippen LogP contribution is -2.23. The van der Waals surface area contributed by atoms with Crippen LogP contribution in [0.25, 0.3) is 0 Å². The van der Waals surface area contributed by atoms with E-state index in [0.717, 1.165) is 16.7 Å². The van der Waals surface area contributed by atoms with E-state index in [1.54, 1.807) is 19.1 Å². The Hall–Kier alpha value is -1.85. The number of nitrogens with two attached hydrogens (primary N) is 1. The van der Waals surface area contributed by atoms with Gasteiger partial charge in [0.2, 0.25) is 10.0 Å². The van der Waals surface area contributed by atoms with Crippen molar-refractivity contribution in [3.05, 3.63) is 59.2 Å². The summed E-state index contributed by atoms with van der Waals surface area (Å²) < 4.78 is 27.0. The van der Waals surface area contributed by atoms with Gasteiger partial charge in [-0.25, -0.2) is 13.1 Å². The van der Waals surface area contributed by atoms with Crippen LogP contribution < -0.4 is 10.5 Å².